The summed E-state index contributed by atoms with van der Waals surface area (Å²) in [4.78, 5) is 0. The fraction of sp³-hybridized carbons (Fsp3) is 0.571. The predicted molar refractivity (Wildman–Crippen MR) is 67.1 cm³/mol. The first kappa shape index (κ1) is 12.3. The quantitative estimate of drug-likeness (QED) is 0.673. The summed E-state index contributed by atoms with van der Waals surface area (Å²) in [5.74, 6) is 0. The molecule has 0 aliphatic rings. The molecule has 1 unspecified atom stereocenters. The Labute approximate surface area is 93.9 Å². The van der Waals surface area contributed by atoms with Gasteiger partial charge in [0.15, 0.2) is 0 Å². The molecule has 0 fully saturated rings. The van der Waals surface area contributed by atoms with Crippen molar-refractivity contribution in [3.63, 3.8) is 0 Å². The van der Waals surface area contributed by atoms with Crippen LogP contribution in [0.3, 0.4) is 0 Å². The minimum Gasteiger partial charge on any atom is -0.314 e. The summed E-state index contributed by atoms with van der Waals surface area (Å²) in [7, 11) is 0. The van der Waals surface area contributed by atoms with Gasteiger partial charge in [-0.3, -0.25) is 0 Å². The Morgan fingerprint density at radius 2 is 1.87 bits per heavy atom. The Hall–Kier alpha value is -0.820. The summed E-state index contributed by atoms with van der Waals surface area (Å²) in [6.45, 7) is 5.66. The number of hydrogen-bond acceptors (Lipinski definition) is 1. The standard InChI is InChI=1S/C14H23N/c1-3-4-8-11-15-13(2)12-14-9-6-5-7-10-14/h5-7,9-10,13,15H,3-4,8,11-12H2,1-2H3. The van der Waals surface area contributed by atoms with Gasteiger partial charge in [0.1, 0.15) is 0 Å². The Bertz CT molecular complexity index is 243. The summed E-state index contributed by atoms with van der Waals surface area (Å²) in [6, 6.07) is 11.3. The molecule has 1 atom stereocenters. The van der Waals surface area contributed by atoms with Crippen LogP contribution in [-0.4, -0.2) is 12.6 Å². The normalized spacial score (nSPS) is 12.7. The third-order valence-corrected chi connectivity index (χ3v) is 2.66. The van der Waals surface area contributed by atoms with Crippen LogP contribution in [0, 0.1) is 0 Å². The second kappa shape index (κ2) is 7.47. The molecule has 1 nitrogen and oxygen atoms in total. The lowest BCUT2D eigenvalue weighted by Crippen LogP contribution is -2.28. The molecule has 1 aromatic carbocycles. The van der Waals surface area contributed by atoms with E-state index in [1.807, 2.05) is 0 Å². The second-order valence-corrected chi connectivity index (χ2v) is 4.25. The highest BCUT2D eigenvalue weighted by Gasteiger charge is 2.01. The van der Waals surface area contributed by atoms with E-state index in [0.717, 1.165) is 13.0 Å². The van der Waals surface area contributed by atoms with E-state index < -0.39 is 0 Å². The maximum Gasteiger partial charge on any atom is 0.00791 e. The van der Waals surface area contributed by atoms with Crippen molar-refractivity contribution in [2.75, 3.05) is 6.54 Å². The molecule has 0 amide bonds. The summed E-state index contributed by atoms with van der Waals surface area (Å²) >= 11 is 0. The molecule has 0 aliphatic carbocycles. The van der Waals surface area contributed by atoms with Gasteiger partial charge in [0.05, 0.1) is 0 Å². The topological polar surface area (TPSA) is 12.0 Å². The maximum absolute atomic E-state index is 3.57. The maximum atomic E-state index is 3.57. The van der Waals surface area contributed by atoms with Gasteiger partial charge in [0.25, 0.3) is 0 Å². The molecule has 1 N–H and O–H groups in total. The summed E-state index contributed by atoms with van der Waals surface area (Å²) in [5, 5.41) is 3.57. The lowest BCUT2D eigenvalue weighted by Gasteiger charge is -2.13. The van der Waals surface area contributed by atoms with E-state index in [2.05, 4.69) is 49.5 Å². The van der Waals surface area contributed by atoms with Gasteiger partial charge in [-0.05, 0) is 31.9 Å². The molecule has 0 spiro atoms. The predicted octanol–water partition coefficient (Wildman–Crippen LogP) is 3.40. The highest BCUT2D eigenvalue weighted by molar-refractivity contribution is 5.15. The molecule has 0 aliphatic heterocycles. The molecule has 1 rings (SSSR count). The fourth-order valence-corrected chi connectivity index (χ4v) is 1.76. The molecule has 0 aromatic heterocycles. The Morgan fingerprint density at radius 3 is 2.53 bits per heavy atom. The van der Waals surface area contributed by atoms with Crippen LogP contribution in [-0.2, 0) is 6.42 Å². The Morgan fingerprint density at radius 1 is 1.13 bits per heavy atom. The summed E-state index contributed by atoms with van der Waals surface area (Å²) < 4.78 is 0. The van der Waals surface area contributed by atoms with E-state index in [9.17, 15) is 0 Å². The molecule has 0 radical (unpaired) electrons. The summed E-state index contributed by atoms with van der Waals surface area (Å²) in [6.07, 6.45) is 5.07. The van der Waals surface area contributed by atoms with Crippen LogP contribution in [0.4, 0.5) is 0 Å². The molecule has 0 bridgehead atoms. The van der Waals surface area contributed by atoms with Gasteiger partial charge in [-0.1, -0.05) is 50.1 Å². The van der Waals surface area contributed by atoms with E-state index in [1.165, 1.54) is 24.8 Å². The number of rotatable bonds is 7. The third kappa shape index (κ3) is 5.58. The minimum atomic E-state index is 0.587. The fourth-order valence-electron chi connectivity index (χ4n) is 1.76. The zero-order chi connectivity index (χ0) is 10.9. The van der Waals surface area contributed by atoms with Crippen molar-refractivity contribution >= 4 is 0 Å². The third-order valence-electron chi connectivity index (χ3n) is 2.66. The van der Waals surface area contributed by atoms with Crippen molar-refractivity contribution in [2.45, 2.75) is 45.6 Å². The van der Waals surface area contributed by atoms with Crippen LogP contribution in [0.2, 0.25) is 0 Å². The van der Waals surface area contributed by atoms with Gasteiger partial charge in [-0.15, -0.1) is 0 Å². The van der Waals surface area contributed by atoms with Crippen molar-refractivity contribution in [1.29, 1.82) is 0 Å². The van der Waals surface area contributed by atoms with Crippen LogP contribution in [0.1, 0.15) is 38.7 Å². The van der Waals surface area contributed by atoms with Gasteiger partial charge in [0, 0.05) is 6.04 Å². The van der Waals surface area contributed by atoms with E-state index in [4.69, 9.17) is 0 Å². The second-order valence-electron chi connectivity index (χ2n) is 4.25. The smallest absolute Gasteiger partial charge is 0.00791 e. The van der Waals surface area contributed by atoms with Crippen LogP contribution in [0.5, 0.6) is 0 Å². The first-order chi connectivity index (χ1) is 7.33. The molecular formula is C14H23N. The van der Waals surface area contributed by atoms with Gasteiger partial charge in [-0.2, -0.15) is 0 Å². The van der Waals surface area contributed by atoms with Crippen molar-refractivity contribution < 1.29 is 0 Å². The molecule has 0 heterocycles. The number of hydrogen-bond donors (Lipinski definition) is 1. The highest BCUT2D eigenvalue weighted by atomic mass is 14.9. The van der Waals surface area contributed by atoms with E-state index in [1.54, 1.807) is 0 Å². The van der Waals surface area contributed by atoms with Crippen LogP contribution in [0.15, 0.2) is 30.3 Å². The lowest BCUT2D eigenvalue weighted by molar-refractivity contribution is 0.523. The average molecular weight is 205 g/mol. The van der Waals surface area contributed by atoms with E-state index in [-0.39, 0.29) is 0 Å². The zero-order valence-electron chi connectivity index (χ0n) is 10.00. The first-order valence-electron chi connectivity index (χ1n) is 6.10. The van der Waals surface area contributed by atoms with Crippen LogP contribution >= 0.6 is 0 Å². The number of nitrogens with one attached hydrogen (secondary N) is 1. The highest BCUT2D eigenvalue weighted by Crippen LogP contribution is 2.02. The first-order valence-corrected chi connectivity index (χ1v) is 6.10. The molecule has 0 saturated heterocycles. The van der Waals surface area contributed by atoms with Gasteiger partial charge in [0.2, 0.25) is 0 Å². The summed E-state index contributed by atoms with van der Waals surface area (Å²) in [5.41, 5.74) is 1.42. The molecule has 84 valence electrons. The van der Waals surface area contributed by atoms with Gasteiger partial charge in [-0.25, -0.2) is 0 Å². The lowest BCUT2D eigenvalue weighted by atomic mass is 10.1. The van der Waals surface area contributed by atoms with Crippen molar-refractivity contribution in [1.82, 2.24) is 5.32 Å². The van der Waals surface area contributed by atoms with E-state index in [0.29, 0.717) is 6.04 Å². The number of unbranched alkanes of at least 4 members (excludes halogenated alkanes) is 2. The minimum absolute atomic E-state index is 0.587. The molecule has 1 aromatic rings. The molecule has 1 heteroatoms. The molecule has 0 saturated carbocycles. The largest absolute Gasteiger partial charge is 0.314 e. The van der Waals surface area contributed by atoms with Crippen molar-refractivity contribution in [3.8, 4) is 0 Å². The van der Waals surface area contributed by atoms with Crippen LogP contribution < -0.4 is 5.32 Å². The van der Waals surface area contributed by atoms with Crippen molar-refractivity contribution in [3.05, 3.63) is 35.9 Å². The monoisotopic (exact) mass is 205 g/mol. The average Bonchev–Trinajstić information content (AvgIpc) is 2.26. The number of benzene rings is 1. The zero-order valence-corrected chi connectivity index (χ0v) is 10.00. The SMILES string of the molecule is CCCCCNC(C)Cc1ccccc1. The van der Waals surface area contributed by atoms with Crippen LogP contribution in [0.25, 0.3) is 0 Å². The Balaban J connectivity index is 2.16. The Kier molecular flexibility index (Phi) is 6.10. The molecule has 15 heavy (non-hydrogen) atoms. The van der Waals surface area contributed by atoms with Gasteiger partial charge < -0.3 is 5.32 Å². The van der Waals surface area contributed by atoms with Crippen molar-refractivity contribution in [2.24, 2.45) is 0 Å². The van der Waals surface area contributed by atoms with Gasteiger partial charge >= 0.3 is 0 Å². The molecular weight excluding hydrogens is 182 g/mol. The van der Waals surface area contributed by atoms with E-state index >= 15 is 0 Å².